The number of hydrogen-bond donors (Lipinski definition) is 1. The minimum absolute atomic E-state index is 0.0218. The van der Waals surface area contributed by atoms with E-state index in [4.69, 9.17) is 9.84 Å². The van der Waals surface area contributed by atoms with Gasteiger partial charge in [-0.05, 0) is 12.1 Å². The zero-order valence-electron chi connectivity index (χ0n) is 8.28. The molecule has 0 radical (unpaired) electrons. The summed E-state index contributed by atoms with van der Waals surface area (Å²) in [6.45, 7) is -0.256. The van der Waals surface area contributed by atoms with E-state index < -0.39 is 12.8 Å². The monoisotopic (exact) mass is 236 g/mol. The molecule has 0 aliphatic rings. The van der Waals surface area contributed by atoms with E-state index in [1.807, 2.05) is 0 Å². The molecule has 1 unspecified atom stereocenters. The summed E-state index contributed by atoms with van der Waals surface area (Å²) in [4.78, 5) is 0. The predicted molar refractivity (Wildman–Crippen MR) is 50.6 cm³/mol. The Morgan fingerprint density at radius 2 is 1.75 bits per heavy atom. The molecule has 0 aliphatic carbocycles. The molecule has 6 heteroatoms. The van der Waals surface area contributed by atoms with Gasteiger partial charge in [0.1, 0.15) is 6.61 Å². The smallest absolute Gasteiger partial charge is 0.304 e. The largest absolute Gasteiger partial charge is 0.487 e. The van der Waals surface area contributed by atoms with E-state index in [2.05, 4.69) is 4.74 Å². The predicted octanol–water partition coefficient (Wildman–Crippen LogP) is 2.00. The number of aliphatic hydroxyl groups is 1. The van der Waals surface area contributed by atoms with Crippen LogP contribution >= 0.6 is 0 Å². The maximum Gasteiger partial charge on any atom is 0.304 e. The quantitative estimate of drug-likeness (QED) is 0.821. The average Bonchev–Trinajstić information content (AvgIpc) is 2.27. The summed E-state index contributed by atoms with van der Waals surface area (Å²) >= 11 is 0. The van der Waals surface area contributed by atoms with Crippen molar-refractivity contribution in [2.75, 3.05) is 13.2 Å². The van der Waals surface area contributed by atoms with Gasteiger partial charge in [-0.2, -0.15) is 4.39 Å². The lowest BCUT2D eigenvalue weighted by Crippen LogP contribution is -2.20. The molecule has 0 aromatic heterocycles. The maximum absolute atomic E-state index is 12.6. The second-order valence-electron chi connectivity index (χ2n) is 2.82. The Morgan fingerprint density at radius 3 is 2.31 bits per heavy atom. The molecule has 0 spiro atoms. The fourth-order valence-electron chi connectivity index (χ4n) is 0.995. The van der Waals surface area contributed by atoms with Gasteiger partial charge in [-0.15, -0.1) is 0 Å². The first-order valence-corrected chi connectivity index (χ1v) is 4.56. The number of halogens is 3. The minimum Gasteiger partial charge on any atom is -0.487 e. The van der Waals surface area contributed by atoms with Gasteiger partial charge < -0.3 is 14.6 Å². The molecule has 0 saturated carbocycles. The molecule has 1 rings (SSSR count). The van der Waals surface area contributed by atoms with Gasteiger partial charge in [-0.25, -0.2) is 8.78 Å². The Bertz CT molecular complexity index is 320. The van der Waals surface area contributed by atoms with E-state index in [1.165, 1.54) is 18.2 Å². The lowest BCUT2D eigenvalue weighted by atomic mass is 10.3. The maximum atomic E-state index is 12.6. The number of benzene rings is 1. The van der Waals surface area contributed by atoms with Gasteiger partial charge in [0, 0.05) is 0 Å². The summed E-state index contributed by atoms with van der Waals surface area (Å²) in [5, 5.41) is 8.53. The lowest BCUT2D eigenvalue weighted by molar-refractivity contribution is -0.0680. The van der Waals surface area contributed by atoms with E-state index >= 15 is 0 Å². The van der Waals surface area contributed by atoms with Crippen LogP contribution in [-0.2, 0) is 0 Å². The van der Waals surface area contributed by atoms with Crippen LogP contribution in [0.4, 0.5) is 13.2 Å². The molecular weight excluding hydrogens is 225 g/mol. The Kier molecular flexibility index (Phi) is 4.91. The van der Waals surface area contributed by atoms with Crippen molar-refractivity contribution in [3.05, 3.63) is 24.3 Å². The molecule has 1 aromatic carbocycles. The van der Waals surface area contributed by atoms with Crippen LogP contribution in [0.2, 0.25) is 0 Å². The van der Waals surface area contributed by atoms with Crippen LogP contribution in [0.25, 0.3) is 0 Å². The van der Waals surface area contributed by atoms with E-state index in [9.17, 15) is 13.2 Å². The summed E-state index contributed by atoms with van der Waals surface area (Å²) in [5.41, 5.74) is 0. The van der Waals surface area contributed by atoms with E-state index in [1.54, 1.807) is 6.07 Å². The average molecular weight is 236 g/mol. The van der Waals surface area contributed by atoms with Crippen LogP contribution in [0.3, 0.4) is 0 Å². The Balaban J connectivity index is 2.70. The molecular formula is C10H11F3O3. The molecule has 0 heterocycles. The van der Waals surface area contributed by atoms with Gasteiger partial charge in [0.05, 0.1) is 6.61 Å². The topological polar surface area (TPSA) is 38.7 Å². The molecule has 1 atom stereocenters. The molecule has 0 fully saturated rings. The number of alkyl halides is 3. The van der Waals surface area contributed by atoms with Gasteiger partial charge in [0.25, 0.3) is 6.36 Å². The molecule has 16 heavy (non-hydrogen) atoms. The lowest BCUT2D eigenvalue weighted by Gasteiger charge is -2.14. The van der Waals surface area contributed by atoms with E-state index in [-0.39, 0.29) is 24.7 Å². The van der Waals surface area contributed by atoms with Crippen LogP contribution in [0.1, 0.15) is 0 Å². The Morgan fingerprint density at radius 1 is 1.12 bits per heavy atom. The molecule has 1 aromatic rings. The third kappa shape index (κ3) is 3.62. The summed E-state index contributed by atoms with van der Waals surface area (Å²) in [7, 11) is 0. The number of aliphatic hydroxyl groups excluding tert-OH is 1. The van der Waals surface area contributed by atoms with Gasteiger partial charge >= 0.3 is 6.43 Å². The molecule has 1 N–H and O–H groups in total. The number of rotatable bonds is 6. The first kappa shape index (κ1) is 12.6. The summed E-state index contributed by atoms with van der Waals surface area (Å²) in [6.07, 6.45) is -5.91. The van der Waals surface area contributed by atoms with Gasteiger partial charge in [0.2, 0.25) is 0 Å². The number of para-hydroxylation sites is 2. The SMILES string of the molecule is OCCOc1ccccc1OC(F)C(F)F. The minimum atomic E-state index is -3.22. The van der Waals surface area contributed by atoms with Gasteiger partial charge in [-0.1, -0.05) is 12.1 Å². The Labute approximate surface area is 90.4 Å². The molecule has 0 amide bonds. The van der Waals surface area contributed by atoms with Crippen molar-refractivity contribution < 1.29 is 27.8 Å². The highest BCUT2D eigenvalue weighted by Gasteiger charge is 2.22. The Hall–Kier alpha value is -1.43. The molecule has 0 bridgehead atoms. The van der Waals surface area contributed by atoms with Crippen LogP contribution in [0, 0.1) is 0 Å². The van der Waals surface area contributed by atoms with Crippen molar-refractivity contribution in [2.45, 2.75) is 12.8 Å². The van der Waals surface area contributed by atoms with E-state index in [0.29, 0.717) is 0 Å². The van der Waals surface area contributed by atoms with Crippen molar-refractivity contribution in [1.82, 2.24) is 0 Å². The van der Waals surface area contributed by atoms with Crippen LogP contribution < -0.4 is 9.47 Å². The molecule has 0 aliphatic heterocycles. The van der Waals surface area contributed by atoms with E-state index in [0.717, 1.165) is 0 Å². The first-order chi connectivity index (χ1) is 7.65. The van der Waals surface area contributed by atoms with Crippen molar-refractivity contribution in [2.24, 2.45) is 0 Å². The second kappa shape index (κ2) is 6.22. The van der Waals surface area contributed by atoms with Gasteiger partial charge in [0.15, 0.2) is 11.5 Å². The highest BCUT2D eigenvalue weighted by Crippen LogP contribution is 2.28. The highest BCUT2D eigenvalue weighted by atomic mass is 19.3. The summed E-state index contributed by atoms with van der Waals surface area (Å²) in [5.74, 6) is -0.0106. The van der Waals surface area contributed by atoms with Gasteiger partial charge in [-0.3, -0.25) is 0 Å². The fourth-order valence-corrected chi connectivity index (χ4v) is 0.995. The van der Waals surface area contributed by atoms with Crippen LogP contribution in [0.5, 0.6) is 11.5 Å². The van der Waals surface area contributed by atoms with Crippen molar-refractivity contribution in [3.63, 3.8) is 0 Å². The third-order valence-electron chi connectivity index (χ3n) is 1.64. The third-order valence-corrected chi connectivity index (χ3v) is 1.64. The normalized spacial score (nSPS) is 12.6. The number of hydrogen-bond acceptors (Lipinski definition) is 3. The highest BCUT2D eigenvalue weighted by molar-refractivity contribution is 5.39. The summed E-state index contributed by atoms with van der Waals surface area (Å²) in [6, 6.07) is 5.82. The van der Waals surface area contributed by atoms with Crippen LogP contribution in [0.15, 0.2) is 24.3 Å². The first-order valence-electron chi connectivity index (χ1n) is 4.56. The standard InChI is InChI=1S/C10H11F3O3/c11-9(12)10(13)16-8-4-2-1-3-7(8)15-6-5-14/h1-4,9-10,14H,5-6H2. The second-order valence-corrected chi connectivity index (χ2v) is 2.82. The van der Waals surface area contributed by atoms with Crippen molar-refractivity contribution in [3.8, 4) is 11.5 Å². The number of ether oxygens (including phenoxy) is 2. The fraction of sp³-hybridized carbons (Fsp3) is 0.400. The molecule has 0 saturated heterocycles. The zero-order valence-corrected chi connectivity index (χ0v) is 8.28. The van der Waals surface area contributed by atoms with Crippen LogP contribution in [-0.4, -0.2) is 31.1 Å². The summed E-state index contributed by atoms with van der Waals surface area (Å²) < 4.78 is 45.8. The van der Waals surface area contributed by atoms with Crippen molar-refractivity contribution in [1.29, 1.82) is 0 Å². The molecule has 3 nitrogen and oxygen atoms in total. The van der Waals surface area contributed by atoms with Crippen molar-refractivity contribution >= 4 is 0 Å². The molecule has 90 valence electrons. The zero-order chi connectivity index (χ0) is 12.0.